The van der Waals surface area contributed by atoms with Crippen LogP contribution in [0.4, 0.5) is 23.2 Å². The lowest BCUT2D eigenvalue weighted by Gasteiger charge is -2.50. The number of hydrogen-bond donors (Lipinski definition) is 2. The van der Waals surface area contributed by atoms with Crippen molar-refractivity contribution in [2.75, 3.05) is 11.5 Å². The second kappa shape index (κ2) is 18.9. The molecule has 1 unspecified atom stereocenters. The van der Waals surface area contributed by atoms with Crippen LogP contribution in [0.3, 0.4) is 0 Å². The van der Waals surface area contributed by atoms with Gasteiger partial charge in [0.1, 0.15) is 30.2 Å². The van der Waals surface area contributed by atoms with E-state index in [-0.39, 0.29) is 81.2 Å². The Labute approximate surface area is 412 Å². The molecular formula is C58H51F4N3O7. The third kappa shape index (κ3) is 8.40. The summed E-state index contributed by atoms with van der Waals surface area (Å²) in [5, 5.41) is 11.7. The molecule has 72 heavy (non-hydrogen) atoms. The number of allylic oxidation sites excluding steroid dienone is 4. The number of ether oxygens (including phenoxy) is 4. The molecule has 14 heteroatoms. The van der Waals surface area contributed by atoms with E-state index in [4.69, 9.17) is 18.9 Å². The van der Waals surface area contributed by atoms with Crippen molar-refractivity contribution in [1.82, 2.24) is 9.88 Å². The van der Waals surface area contributed by atoms with Crippen molar-refractivity contribution in [3.8, 4) is 0 Å². The van der Waals surface area contributed by atoms with Gasteiger partial charge in [-0.1, -0.05) is 136 Å². The maximum Gasteiger partial charge on any atom is 0.262 e. The molecule has 5 aliphatic rings. The van der Waals surface area contributed by atoms with Crippen molar-refractivity contribution in [2.45, 2.75) is 95.7 Å². The van der Waals surface area contributed by atoms with Crippen LogP contribution in [-0.2, 0) is 57.1 Å². The molecule has 10 nitrogen and oxygen atoms in total. The molecule has 368 valence electrons. The number of hydrogen-bond acceptors (Lipinski definition) is 8. The van der Waals surface area contributed by atoms with Gasteiger partial charge in [0.05, 0.1) is 61.3 Å². The van der Waals surface area contributed by atoms with Crippen molar-refractivity contribution in [1.29, 1.82) is 0 Å². The van der Waals surface area contributed by atoms with Crippen molar-refractivity contribution in [3.63, 3.8) is 0 Å². The number of aliphatic hydroxyl groups is 1. The number of halogens is 4. The van der Waals surface area contributed by atoms with E-state index in [9.17, 15) is 5.11 Å². The Balaban J connectivity index is 1.12. The summed E-state index contributed by atoms with van der Waals surface area (Å²) >= 11 is 0. The molecule has 2 N–H and O–H groups in total. The first kappa shape index (κ1) is 47.4. The molecule has 2 aliphatic carbocycles. The molecule has 11 rings (SSSR count). The number of carbonyl (C=O) groups excluding carboxylic acids is 2. The van der Waals surface area contributed by atoms with E-state index in [2.05, 4.69) is 25.8 Å². The average molecular weight is 978 g/mol. The summed E-state index contributed by atoms with van der Waals surface area (Å²) in [5.74, 6) is -6.00. The van der Waals surface area contributed by atoms with Crippen LogP contribution in [-0.4, -0.2) is 70.1 Å². The highest BCUT2D eigenvalue weighted by Gasteiger charge is 2.55. The lowest BCUT2D eigenvalue weighted by Crippen LogP contribution is -2.66. The molecule has 4 heterocycles. The predicted molar refractivity (Wildman–Crippen MR) is 263 cm³/mol. The van der Waals surface area contributed by atoms with Gasteiger partial charge in [-0.15, -0.1) is 0 Å². The van der Waals surface area contributed by atoms with Crippen LogP contribution < -0.4 is 15.5 Å². The van der Waals surface area contributed by atoms with Gasteiger partial charge in [-0.3, -0.25) is 14.5 Å². The van der Waals surface area contributed by atoms with E-state index in [0.717, 1.165) is 45.4 Å². The fourth-order valence-electron chi connectivity index (χ4n) is 10.6. The number of benzene rings is 5. The number of amides is 2. The largest absolute Gasteiger partial charge is 0.394 e. The third-order valence-electron chi connectivity index (χ3n) is 14.2. The van der Waals surface area contributed by atoms with E-state index < -0.39 is 84.8 Å². The number of nitrogens with one attached hydrogen (secondary N) is 1. The van der Waals surface area contributed by atoms with Crippen LogP contribution in [0.5, 0.6) is 0 Å². The zero-order valence-corrected chi connectivity index (χ0v) is 39.7. The first-order valence-electron chi connectivity index (χ1n) is 24.0. The molecule has 0 bridgehead atoms. The molecule has 0 radical (unpaired) electrons. The number of aliphatic hydroxyl groups excluding tert-OH is 1. The normalized spacial score (nSPS) is 22.7. The smallest absolute Gasteiger partial charge is 0.262 e. The van der Waals surface area contributed by atoms with E-state index in [1.807, 2.05) is 115 Å². The number of rotatable bonds is 13. The molecule has 5 aromatic carbocycles. The molecule has 1 saturated heterocycles. The highest BCUT2D eigenvalue weighted by Crippen LogP contribution is 2.46. The molecule has 0 saturated carbocycles. The van der Waals surface area contributed by atoms with Crippen LogP contribution in [0.15, 0.2) is 151 Å². The topological polar surface area (TPSA) is 114 Å². The predicted octanol–water partition coefficient (Wildman–Crippen LogP) is 9.28. The summed E-state index contributed by atoms with van der Waals surface area (Å²) in [6.45, 7) is 5.69. The Hall–Kier alpha value is -6.94. The summed E-state index contributed by atoms with van der Waals surface area (Å²) in [6.07, 6.45) is -3.11. The Morgan fingerprint density at radius 2 is 1.26 bits per heavy atom. The van der Waals surface area contributed by atoms with E-state index in [1.54, 1.807) is 4.90 Å². The fourth-order valence-corrected chi connectivity index (χ4v) is 10.6. The van der Waals surface area contributed by atoms with Crippen LogP contribution in [0, 0.1) is 0 Å². The Morgan fingerprint density at radius 1 is 0.694 bits per heavy atom. The van der Waals surface area contributed by atoms with Gasteiger partial charge in [0.25, 0.3) is 11.8 Å². The van der Waals surface area contributed by atoms with E-state index in [0.29, 0.717) is 5.56 Å². The quantitative estimate of drug-likeness (QED) is 0.0871. The Morgan fingerprint density at radius 3 is 1.85 bits per heavy atom. The molecule has 0 spiro atoms. The number of nitrogens with zero attached hydrogens (tertiary/aromatic N) is 2. The number of H-pyrrole nitrogens is 1. The van der Waals surface area contributed by atoms with Gasteiger partial charge in [0.2, 0.25) is 0 Å². The van der Waals surface area contributed by atoms with Gasteiger partial charge in [-0.25, -0.2) is 17.6 Å². The summed E-state index contributed by atoms with van der Waals surface area (Å²) in [7, 11) is 0. The van der Waals surface area contributed by atoms with Crippen LogP contribution in [0.1, 0.15) is 74.9 Å². The first-order valence-corrected chi connectivity index (χ1v) is 24.0. The Bertz CT molecular complexity index is 3330. The second-order valence-corrected chi connectivity index (χ2v) is 19.8. The number of anilines is 1. The maximum atomic E-state index is 16.1. The van der Waals surface area contributed by atoms with Gasteiger partial charge in [0.15, 0.2) is 23.7 Å². The van der Waals surface area contributed by atoms with Gasteiger partial charge in [-0.2, -0.15) is 0 Å². The second-order valence-electron chi connectivity index (χ2n) is 19.8. The zero-order chi connectivity index (χ0) is 50.0. The lowest BCUT2D eigenvalue weighted by atomic mass is 9.87. The van der Waals surface area contributed by atoms with Gasteiger partial charge in [-0.05, 0) is 56.5 Å². The van der Waals surface area contributed by atoms with Gasteiger partial charge < -0.3 is 33.9 Å². The minimum absolute atomic E-state index is 0.0146. The SMILES string of the molecule is CC(C)(C)c1ccc(CN2C(=O)c3c(c4c5c([nH]c4c4c3=C3C=C(F)C(F)=CC3N4[C@@H]3O[C@H](CO)[C@@H](OCc4ccccc4)[C@H](OCc4ccccc4)[C@H]3OCc3ccccc3)=CC(F)=C(F)C5)C2=O)cc1. The molecule has 1 aromatic heterocycles. The van der Waals surface area contributed by atoms with E-state index in [1.165, 1.54) is 0 Å². The minimum Gasteiger partial charge on any atom is -0.394 e. The molecule has 6 aromatic rings. The van der Waals surface area contributed by atoms with Crippen LogP contribution in [0.2, 0.25) is 0 Å². The van der Waals surface area contributed by atoms with Crippen molar-refractivity contribution < 1.29 is 51.2 Å². The molecule has 1 fully saturated rings. The highest BCUT2D eigenvalue weighted by atomic mass is 19.2. The number of fused-ring (bicyclic) bond motifs is 9. The van der Waals surface area contributed by atoms with Crippen LogP contribution in [0.25, 0.3) is 22.6 Å². The van der Waals surface area contributed by atoms with Crippen LogP contribution >= 0.6 is 0 Å². The summed E-state index contributed by atoms with van der Waals surface area (Å²) in [5.41, 5.74) is 4.47. The molecular weight excluding hydrogens is 927 g/mol. The molecule has 6 atom stereocenters. The van der Waals surface area contributed by atoms with Gasteiger partial charge >= 0.3 is 0 Å². The highest BCUT2D eigenvalue weighted by molar-refractivity contribution is 6.29. The minimum atomic E-state index is -1.34. The van der Waals surface area contributed by atoms with Crippen molar-refractivity contribution >= 4 is 40.1 Å². The summed E-state index contributed by atoms with van der Waals surface area (Å²) < 4.78 is 90.4. The van der Waals surface area contributed by atoms with Gasteiger partial charge in [0, 0.05) is 28.5 Å². The average Bonchev–Trinajstić information content (AvgIpc) is 3.98. The Kier molecular flexibility index (Phi) is 12.4. The standard InChI is InChI=1S/C58H51F4N3O7/c1-58(2,3)36-21-19-32(20-22-36)27-64-55(67)48-46-37-23-39(59)41(61)25-43(37)63-50(46)51-47(49(48)56(64)68)38-24-40(60)42(62)26-44(38)65(51)57-54(71-31-35-17-11-6-12-18-35)53(70-30-34-15-9-5-10-16-34)52(45(28-66)72-57)69-29-33-13-7-4-8-14-33/h4-22,24-26,44-45,52-54,57,63,66H,23,27-31H2,1-3H3/t44?,45-,52-,53+,54-,57-/m1/s1. The number of imide groups is 1. The number of carbonyl (C=O) groups is 2. The monoisotopic (exact) mass is 977 g/mol. The van der Waals surface area contributed by atoms with Crippen molar-refractivity contribution in [2.24, 2.45) is 0 Å². The van der Waals surface area contributed by atoms with Crippen molar-refractivity contribution in [3.05, 3.63) is 206 Å². The number of aromatic amines is 1. The molecule has 3 aliphatic heterocycles. The van der Waals surface area contributed by atoms with E-state index >= 15 is 27.2 Å². The fraction of sp³-hybridized carbons (Fsp3) is 0.276. The first-order chi connectivity index (χ1) is 34.8. The third-order valence-corrected chi connectivity index (χ3v) is 14.2. The maximum absolute atomic E-state index is 16.1. The summed E-state index contributed by atoms with van der Waals surface area (Å²) in [6, 6.07) is 34.6. The number of aromatic nitrogens is 1. The molecule has 2 amide bonds. The zero-order valence-electron chi connectivity index (χ0n) is 39.7. The lowest BCUT2D eigenvalue weighted by molar-refractivity contribution is -0.269. The summed E-state index contributed by atoms with van der Waals surface area (Å²) in [4.78, 5) is 36.3.